The first-order valence-electron chi connectivity index (χ1n) is 8.98. The smallest absolute Gasteiger partial charge is 0.257 e. The van der Waals surface area contributed by atoms with Crippen LogP contribution in [0.4, 0.5) is 0 Å². The van der Waals surface area contributed by atoms with E-state index in [4.69, 9.17) is 11.6 Å². The highest BCUT2D eigenvalue weighted by Crippen LogP contribution is 2.18. The molecule has 136 valence electrons. The molecule has 0 saturated carbocycles. The summed E-state index contributed by atoms with van der Waals surface area (Å²) in [5.41, 5.74) is 0.441. The average Bonchev–Trinajstić information content (AvgIpc) is 2.62. The highest BCUT2D eigenvalue weighted by Gasteiger charge is 2.28. The number of carbonyl (C=O) groups is 2. The summed E-state index contributed by atoms with van der Waals surface area (Å²) < 4.78 is 0. The fourth-order valence-electron chi connectivity index (χ4n) is 3.58. The molecule has 0 spiro atoms. The zero-order valence-electron chi connectivity index (χ0n) is 14.7. The highest BCUT2D eigenvalue weighted by atomic mass is 35.5. The second-order valence-electron chi connectivity index (χ2n) is 6.84. The number of pyridine rings is 1. The van der Waals surface area contributed by atoms with Gasteiger partial charge in [0.1, 0.15) is 5.15 Å². The van der Waals surface area contributed by atoms with Gasteiger partial charge >= 0.3 is 0 Å². The molecular weight excluding hydrogens is 340 g/mol. The van der Waals surface area contributed by atoms with E-state index in [9.17, 15) is 9.59 Å². The molecule has 3 rings (SSSR count). The fourth-order valence-corrected chi connectivity index (χ4v) is 3.78. The van der Waals surface area contributed by atoms with Crippen molar-refractivity contribution in [1.29, 1.82) is 0 Å². The number of hydrogen-bond donors (Lipinski definition) is 0. The molecule has 1 atom stereocenters. The highest BCUT2D eigenvalue weighted by molar-refractivity contribution is 6.32. The molecule has 25 heavy (non-hydrogen) atoms. The molecule has 2 amide bonds. The number of carbonyl (C=O) groups excluding carboxylic acids is 2. The molecule has 2 fully saturated rings. The normalized spacial score (nSPS) is 22.1. The summed E-state index contributed by atoms with van der Waals surface area (Å²) >= 11 is 6.02. The van der Waals surface area contributed by atoms with Crippen LogP contribution in [-0.4, -0.2) is 76.8 Å². The Hall–Kier alpha value is -1.66. The summed E-state index contributed by atoms with van der Waals surface area (Å²) in [5, 5.41) is 0.240. The molecule has 6 nitrogen and oxygen atoms in total. The van der Waals surface area contributed by atoms with Crippen LogP contribution < -0.4 is 0 Å². The van der Waals surface area contributed by atoms with E-state index in [0.29, 0.717) is 44.3 Å². The van der Waals surface area contributed by atoms with E-state index in [1.807, 2.05) is 4.90 Å². The van der Waals surface area contributed by atoms with Crippen molar-refractivity contribution in [3.63, 3.8) is 0 Å². The van der Waals surface area contributed by atoms with E-state index in [1.54, 1.807) is 23.2 Å². The summed E-state index contributed by atoms with van der Waals surface area (Å²) in [6, 6.07) is 3.76. The minimum absolute atomic E-state index is 0.0891. The lowest BCUT2D eigenvalue weighted by atomic mass is 10.0. The van der Waals surface area contributed by atoms with Gasteiger partial charge in [-0.15, -0.1) is 0 Å². The van der Waals surface area contributed by atoms with Crippen molar-refractivity contribution in [2.24, 2.45) is 0 Å². The standard InChI is InChI=1S/C18H25ClN4O2/c1-14-5-2-3-8-23(14)16(24)13-21-9-11-22(12-10-21)18(25)15-6-4-7-20-17(15)19/h4,6-7,14H,2-3,5,8-13H2,1H3/t14-/m1/s1. The summed E-state index contributed by atoms with van der Waals surface area (Å²) in [7, 11) is 0. The molecule has 0 aromatic carbocycles. The maximum Gasteiger partial charge on any atom is 0.257 e. The van der Waals surface area contributed by atoms with Gasteiger partial charge < -0.3 is 9.80 Å². The molecule has 1 aromatic heterocycles. The van der Waals surface area contributed by atoms with Gasteiger partial charge in [-0.25, -0.2) is 4.98 Å². The van der Waals surface area contributed by atoms with E-state index in [1.165, 1.54) is 6.42 Å². The number of amides is 2. The van der Waals surface area contributed by atoms with Gasteiger partial charge in [0, 0.05) is 45.0 Å². The number of aromatic nitrogens is 1. The van der Waals surface area contributed by atoms with Gasteiger partial charge in [-0.1, -0.05) is 11.6 Å². The van der Waals surface area contributed by atoms with Gasteiger partial charge in [-0.2, -0.15) is 0 Å². The third kappa shape index (κ3) is 4.30. The first kappa shape index (κ1) is 18.1. The minimum atomic E-state index is -0.0891. The van der Waals surface area contributed by atoms with Crippen LogP contribution >= 0.6 is 11.6 Å². The maximum absolute atomic E-state index is 12.5. The van der Waals surface area contributed by atoms with Crippen LogP contribution in [-0.2, 0) is 4.79 Å². The number of piperazine rings is 1. The molecule has 2 aliphatic rings. The molecule has 3 heterocycles. The fraction of sp³-hybridized carbons (Fsp3) is 0.611. The van der Waals surface area contributed by atoms with Gasteiger partial charge in [-0.3, -0.25) is 14.5 Å². The second kappa shape index (κ2) is 8.15. The summed E-state index contributed by atoms with van der Waals surface area (Å²) in [6.45, 7) is 6.07. The Balaban J connectivity index is 1.51. The number of piperidine rings is 1. The molecule has 0 unspecified atom stereocenters. The van der Waals surface area contributed by atoms with Crippen molar-refractivity contribution in [3.05, 3.63) is 29.0 Å². The minimum Gasteiger partial charge on any atom is -0.339 e. The van der Waals surface area contributed by atoms with E-state index >= 15 is 0 Å². The second-order valence-corrected chi connectivity index (χ2v) is 7.20. The Labute approximate surface area is 153 Å². The predicted molar refractivity (Wildman–Crippen MR) is 96.6 cm³/mol. The number of rotatable bonds is 3. The van der Waals surface area contributed by atoms with Gasteiger partial charge in [-0.05, 0) is 38.3 Å². The van der Waals surface area contributed by atoms with Gasteiger partial charge in [0.25, 0.3) is 5.91 Å². The number of hydrogen-bond acceptors (Lipinski definition) is 4. The lowest BCUT2D eigenvalue weighted by Crippen LogP contribution is -2.53. The number of halogens is 1. The molecule has 0 radical (unpaired) electrons. The first-order valence-corrected chi connectivity index (χ1v) is 9.35. The zero-order valence-corrected chi connectivity index (χ0v) is 15.4. The molecule has 1 aromatic rings. The van der Waals surface area contributed by atoms with Crippen molar-refractivity contribution in [2.75, 3.05) is 39.3 Å². The molecule has 0 aliphatic carbocycles. The van der Waals surface area contributed by atoms with Gasteiger partial charge in [0.2, 0.25) is 5.91 Å². The Morgan fingerprint density at radius 3 is 2.64 bits per heavy atom. The number of likely N-dealkylation sites (tertiary alicyclic amines) is 1. The molecular formula is C18H25ClN4O2. The average molecular weight is 365 g/mol. The van der Waals surface area contributed by atoms with Crippen molar-refractivity contribution >= 4 is 23.4 Å². The Morgan fingerprint density at radius 2 is 1.96 bits per heavy atom. The molecule has 0 bridgehead atoms. The summed E-state index contributed by atoms with van der Waals surface area (Å²) in [5.74, 6) is 0.121. The van der Waals surface area contributed by atoms with Crippen LogP contribution in [0, 0.1) is 0 Å². The van der Waals surface area contributed by atoms with E-state index in [0.717, 1.165) is 19.4 Å². The first-order chi connectivity index (χ1) is 12.1. The number of nitrogens with zero attached hydrogens (tertiary/aromatic N) is 4. The predicted octanol–water partition coefficient (Wildman–Crippen LogP) is 1.89. The summed E-state index contributed by atoms with van der Waals surface area (Å²) in [4.78, 5) is 35.0. The Bertz CT molecular complexity index is 631. The molecule has 2 aliphatic heterocycles. The maximum atomic E-state index is 12.5. The van der Waals surface area contributed by atoms with E-state index in [2.05, 4.69) is 16.8 Å². The van der Waals surface area contributed by atoms with E-state index < -0.39 is 0 Å². The summed E-state index contributed by atoms with van der Waals surface area (Å²) in [6.07, 6.45) is 4.98. The lowest BCUT2D eigenvalue weighted by molar-refractivity contribution is -0.136. The van der Waals surface area contributed by atoms with E-state index in [-0.39, 0.29) is 17.0 Å². The van der Waals surface area contributed by atoms with Crippen LogP contribution in [0.15, 0.2) is 18.3 Å². The lowest BCUT2D eigenvalue weighted by Gasteiger charge is -2.38. The Kier molecular flexibility index (Phi) is 5.91. The third-order valence-corrected chi connectivity index (χ3v) is 5.43. The van der Waals surface area contributed by atoms with Crippen LogP contribution in [0.3, 0.4) is 0 Å². The van der Waals surface area contributed by atoms with Gasteiger partial charge in [0.05, 0.1) is 12.1 Å². The van der Waals surface area contributed by atoms with Gasteiger partial charge in [0.15, 0.2) is 0 Å². The topological polar surface area (TPSA) is 56.8 Å². The van der Waals surface area contributed by atoms with Crippen LogP contribution in [0.1, 0.15) is 36.5 Å². The molecule has 2 saturated heterocycles. The monoisotopic (exact) mass is 364 g/mol. The van der Waals surface area contributed by atoms with Crippen molar-refractivity contribution < 1.29 is 9.59 Å². The van der Waals surface area contributed by atoms with Crippen LogP contribution in [0.2, 0.25) is 5.15 Å². The van der Waals surface area contributed by atoms with Crippen LogP contribution in [0.25, 0.3) is 0 Å². The molecule has 7 heteroatoms. The zero-order chi connectivity index (χ0) is 17.8. The van der Waals surface area contributed by atoms with Crippen molar-refractivity contribution in [2.45, 2.75) is 32.2 Å². The van der Waals surface area contributed by atoms with Crippen LogP contribution in [0.5, 0.6) is 0 Å². The molecule has 0 N–H and O–H groups in total. The largest absolute Gasteiger partial charge is 0.339 e. The SMILES string of the molecule is C[C@@H]1CCCCN1C(=O)CN1CCN(C(=O)c2cccnc2Cl)CC1. The van der Waals surface area contributed by atoms with Crippen molar-refractivity contribution in [3.8, 4) is 0 Å². The Morgan fingerprint density at radius 1 is 1.20 bits per heavy atom. The van der Waals surface area contributed by atoms with Crippen molar-refractivity contribution in [1.82, 2.24) is 19.7 Å². The quantitative estimate of drug-likeness (QED) is 0.769. The third-order valence-electron chi connectivity index (χ3n) is 5.13.